The van der Waals surface area contributed by atoms with E-state index in [1.54, 1.807) is 12.1 Å². The highest BCUT2D eigenvalue weighted by Gasteiger charge is 2.40. The average molecular weight is 347 g/mol. The van der Waals surface area contributed by atoms with Crippen LogP contribution in [0.3, 0.4) is 0 Å². The number of rotatable bonds is 5. The van der Waals surface area contributed by atoms with Gasteiger partial charge in [-0.25, -0.2) is 0 Å². The predicted molar refractivity (Wildman–Crippen MR) is 88.1 cm³/mol. The highest BCUT2D eigenvalue weighted by Crippen LogP contribution is 2.49. The number of fused-ring (bicyclic) bond motifs is 2. The topological polar surface area (TPSA) is 65.2 Å². The van der Waals surface area contributed by atoms with Crippen LogP contribution < -0.4 is 0 Å². The van der Waals surface area contributed by atoms with E-state index in [0.717, 1.165) is 17.4 Å². The Morgan fingerprint density at radius 2 is 2.08 bits per heavy atom. The maximum Gasteiger partial charge on any atom is 0.306 e. The summed E-state index contributed by atoms with van der Waals surface area (Å²) < 4.78 is 10.5. The van der Waals surface area contributed by atoms with E-state index in [-0.39, 0.29) is 12.6 Å². The summed E-state index contributed by atoms with van der Waals surface area (Å²) in [6.07, 6.45) is 5.61. The molecular weight excluding hydrogens is 328 g/mol. The van der Waals surface area contributed by atoms with Crippen molar-refractivity contribution >= 4 is 17.6 Å². The molecule has 1 heterocycles. The fraction of sp³-hybridized carbons (Fsp3) is 0.500. The van der Waals surface area contributed by atoms with E-state index < -0.39 is 0 Å². The zero-order valence-electron chi connectivity index (χ0n) is 13.3. The number of nitrogens with zero attached hydrogens (tertiary/aromatic N) is 2. The number of ether oxygens (including phenoxy) is 1. The van der Waals surface area contributed by atoms with Crippen molar-refractivity contribution in [3.05, 3.63) is 35.2 Å². The molecule has 0 radical (unpaired) electrons. The van der Waals surface area contributed by atoms with Crippen LogP contribution in [0, 0.1) is 17.8 Å². The van der Waals surface area contributed by atoms with Gasteiger partial charge in [-0.3, -0.25) is 4.79 Å². The summed E-state index contributed by atoms with van der Waals surface area (Å²) in [5.41, 5.74) is 0.808. The van der Waals surface area contributed by atoms with Gasteiger partial charge in [-0.05, 0) is 61.3 Å². The molecule has 0 aliphatic heterocycles. The molecule has 1 aromatic carbocycles. The molecule has 0 saturated heterocycles. The lowest BCUT2D eigenvalue weighted by Gasteiger charge is -2.20. The average Bonchev–Trinajstić information content (AvgIpc) is 3.30. The van der Waals surface area contributed by atoms with E-state index in [1.807, 2.05) is 12.1 Å². The number of esters is 1. The minimum absolute atomic E-state index is 0.0280. The molecule has 24 heavy (non-hydrogen) atoms. The van der Waals surface area contributed by atoms with E-state index in [9.17, 15) is 4.79 Å². The van der Waals surface area contributed by atoms with Crippen molar-refractivity contribution in [1.29, 1.82) is 0 Å². The van der Waals surface area contributed by atoms with E-state index in [2.05, 4.69) is 10.1 Å². The summed E-state index contributed by atoms with van der Waals surface area (Å²) in [5.74, 6) is 2.67. The van der Waals surface area contributed by atoms with Gasteiger partial charge in [0.25, 0.3) is 5.89 Å². The third-order valence-corrected chi connectivity index (χ3v) is 5.49. The second kappa shape index (κ2) is 6.55. The van der Waals surface area contributed by atoms with Gasteiger partial charge in [0.15, 0.2) is 6.61 Å². The van der Waals surface area contributed by atoms with E-state index in [0.29, 0.717) is 29.1 Å². The number of carbonyl (C=O) groups is 1. The van der Waals surface area contributed by atoms with Crippen LogP contribution >= 0.6 is 11.6 Å². The Bertz CT molecular complexity index is 728. The summed E-state index contributed by atoms with van der Waals surface area (Å²) in [6, 6.07) is 7.17. The van der Waals surface area contributed by atoms with Gasteiger partial charge >= 0.3 is 5.97 Å². The Hall–Kier alpha value is -1.88. The van der Waals surface area contributed by atoms with Crippen LogP contribution in [0.4, 0.5) is 0 Å². The van der Waals surface area contributed by atoms with Gasteiger partial charge in [-0.2, -0.15) is 4.98 Å². The molecule has 1 aromatic heterocycles. The molecule has 126 valence electrons. The maximum absolute atomic E-state index is 12.0. The van der Waals surface area contributed by atoms with Gasteiger partial charge in [0.1, 0.15) is 0 Å². The maximum atomic E-state index is 12.0. The van der Waals surface area contributed by atoms with Gasteiger partial charge < -0.3 is 9.26 Å². The molecule has 2 bridgehead atoms. The number of hydrogen-bond acceptors (Lipinski definition) is 5. The summed E-state index contributed by atoms with van der Waals surface area (Å²) >= 11 is 5.86. The minimum Gasteiger partial charge on any atom is -0.456 e. The summed E-state index contributed by atoms with van der Waals surface area (Å²) in [4.78, 5) is 16.3. The Morgan fingerprint density at radius 3 is 2.79 bits per heavy atom. The first kappa shape index (κ1) is 15.6. The van der Waals surface area contributed by atoms with Crippen LogP contribution in [0.15, 0.2) is 28.8 Å². The summed E-state index contributed by atoms with van der Waals surface area (Å²) in [7, 11) is 0. The van der Waals surface area contributed by atoms with Crippen molar-refractivity contribution < 1.29 is 14.1 Å². The van der Waals surface area contributed by atoms with Crippen molar-refractivity contribution in [1.82, 2.24) is 10.1 Å². The third kappa shape index (κ3) is 3.31. The lowest BCUT2D eigenvalue weighted by atomic mass is 9.86. The van der Waals surface area contributed by atoms with Gasteiger partial charge in [-0.15, -0.1) is 0 Å². The lowest BCUT2D eigenvalue weighted by molar-refractivity contribution is -0.147. The molecule has 4 rings (SSSR count). The molecule has 0 N–H and O–H groups in total. The van der Waals surface area contributed by atoms with Crippen LogP contribution in [0.2, 0.25) is 5.02 Å². The van der Waals surface area contributed by atoms with Gasteiger partial charge in [-0.1, -0.05) is 23.2 Å². The Kier molecular flexibility index (Phi) is 4.27. The highest BCUT2D eigenvalue weighted by atomic mass is 35.5. The van der Waals surface area contributed by atoms with Crippen LogP contribution in [0.5, 0.6) is 0 Å². The molecule has 0 spiro atoms. The standard InChI is InChI=1S/C18H19ClN2O3/c19-15-5-3-12(4-6-15)18-20-16(24-21-18)10-23-17(22)9-14-8-11-1-2-13(14)7-11/h3-6,11,13-14H,1-2,7-10H2/t11-,13+,14-/m0/s1. The molecule has 5 nitrogen and oxygen atoms in total. The molecule has 2 aromatic rings. The monoisotopic (exact) mass is 346 g/mol. The predicted octanol–water partition coefficient (Wildman–Crippen LogP) is 4.26. The summed E-state index contributed by atoms with van der Waals surface area (Å²) in [6.45, 7) is 0.0280. The number of carbonyl (C=O) groups excluding carboxylic acids is 1. The minimum atomic E-state index is -0.168. The first-order valence-electron chi connectivity index (χ1n) is 8.41. The van der Waals surface area contributed by atoms with Crippen molar-refractivity contribution in [2.45, 2.75) is 38.7 Å². The Morgan fingerprint density at radius 1 is 1.25 bits per heavy atom. The van der Waals surface area contributed by atoms with Crippen molar-refractivity contribution in [3.8, 4) is 11.4 Å². The first-order valence-corrected chi connectivity index (χ1v) is 8.79. The van der Waals surface area contributed by atoms with Gasteiger partial charge in [0.05, 0.1) is 0 Å². The zero-order valence-corrected chi connectivity index (χ0v) is 14.0. The second-order valence-electron chi connectivity index (χ2n) is 6.82. The Labute approximate surface area is 145 Å². The van der Waals surface area contributed by atoms with Crippen molar-refractivity contribution in [3.63, 3.8) is 0 Å². The van der Waals surface area contributed by atoms with E-state index in [4.69, 9.17) is 20.9 Å². The van der Waals surface area contributed by atoms with Crippen LogP contribution in [0.1, 0.15) is 38.0 Å². The molecule has 3 atom stereocenters. The van der Waals surface area contributed by atoms with Crippen molar-refractivity contribution in [2.24, 2.45) is 17.8 Å². The number of aromatic nitrogens is 2. The molecule has 2 saturated carbocycles. The van der Waals surface area contributed by atoms with Crippen molar-refractivity contribution in [2.75, 3.05) is 0 Å². The molecule has 2 fully saturated rings. The largest absolute Gasteiger partial charge is 0.456 e. The summed E-state index contributed by atoms with van der Waals surface area (Å²) in [5, 5.41) is 4.56. The molecule has 6 heteroatoms. The second-order valence-corrected chi connectivity index (χ2v) is 7.25. The quantitative estimate of drug-likeness (QED) is 0.757. The van der Waals surface area contributed by atoms with Crippen LogP contribution in [0.25, 0.3) is 11.4 Å². The number of benzene rings is 1. The fourth-order valence-corrected chi connectivity index (χ4v) is 4.20. The molecule has 2 aliphatic rings. The van der Waals surface area contributed by atoms with Crippen LogP contribution in [-0.4, -0.2) is 16.1 Å². The molecular formula is C18H19ClN2O3. The highest BCUT2D eigenvalue weighted by molar-refractivity contribution is 6.30. The number of hydrogen-bond donors (Lipinski definition) is 0. The smallest absolute Gasteiger partial charge is 0.306 e. The lowest BCUT2D eigenvalue weighted by Crippen LogP contribution is -2.17. The molecule has 2 aliphatic carbocycles. The first-order chi connectivity index (χ1) is 11.7. The normalized spacial score (nSPS) is 25.1. The number of halogens is 1. The van der Waals surface area contributed by atoms with E-state index >= 15 is 0 Å². The van der Waals surface area contributed by atoms with Crippen LogP contribution in [-0.2, 0) is 16.1 Å². The fourth-order valence-electron chi connectivity index (χ4n) is 4.07. The van der Waals surface area contributed by atoms with E-state index in [1.165, 1.54) is 25.7 Å². The Balaban J connectivity index is 1.30. The van der Waals surface area contributed by atoms with Gasteiger partial charge in [0.2, 0.25) is 5.82 Å². The zero-order chi connectivity index (χ0) is 16.5. The third-order valence-electron chi connectivity index (χ3n) is 5.24. The molecule has 0 unspecified atom stereocenters. The molecule has 0 amide bonds. The van der Waals surface area contributed by atoms with Gasteiger partial charge in [0, 0.05) is 17.0 Å². The SMILES string of the molecule is O=C(C[C@@H]1C[C@H]2CC[C@@H]1C2)OCc1nc(-c2ccc(Cl)cc2)no1.